The number of rotatable bonds is 11. The van der Waals surface area contributed by atoms with Crippen LogP contribution in [-0.4, -0.2) is 17.5 Å². The fourth-order valence-electron chi connectivity index (χ4n) is 4.59. The van der Waals surface area contributed by atoms with Crippen LogP contribution in [0.4, 0.5) is 0 Å². The molecule has 190 valence electrons. The van der Waals surface area contributed by atoms with Gasteiger partial charge in [0.05, 0.1) is 13.0 Å². The summed E-state index contributed by atoms with van der Waals surface area (Å²) in [7, 11) is 0. The number of benzene rings is 4. The van der Waals surface area contributed by atoms with E-state index >= 15 is 0 Å². The third kappa shape index (κ3) is 7.08. The van der Waals surface area contributed by atoms with Crippen LogP contribution in [0.3, 0.4) is 0 Å². The molecule has 0 spiro atoms. The molecule has 4 rings (SSSR count). The van der Waals surface area contributed by atoms with Gasteiger partial charge < -0.3 is 9.47 Å². The molecule has 0 heterocycles. The smallest absolute Gasteiger partial charge is 0.307 e. The molecule has 0 amide bonds. The van der Waals surface area contributed by atoms with Crippen molar-refractivity contribution in [3.63, 3.8) is 0 Å². The highest BCUT2D eigenvalue weighted by molar-refractivity contribution is 5.70. The number of hydrogen-bond donors (Lipinski definition) is 0. The second kappa shape index (κ2) is 12.9. The highest BCUT2D eigenvalue weighted by Gasteiger charge is 2.29. The number of hydrogen-bond acceptors (Lipinski definition) is 4. The lowest BCUT2D eigenvalue weighted by molar-refractivity contribution is -0.145. The molecule has 37 heavy (non-hydrogen) atoms. The first-order valence-electron chi connectivity index (χ1n) is 12.9. The monoisotopic (exact) mass is 493 g/mol. The van der Waals surface area contributed by atoms with Crippen LogP contribution >= 0.6 is 0 Å². The summed E-state index contributed by atoms with van der Waals surface area (Å²) >= 11 is 0. The Balaban J connectivity index is 1.68. The summed E-state index contributed by atoms with van der Waals surface area (Å²) in [5.41, 5.74) is 4.52. The normalized spacial score (nSPS) is 12.6. The molecule has 0 aliphatic heterocycles. The summed E-state index contributed by atoms with van der Waals surface area (Å²) in [6.07, 6.45) is 0.260. The number of carbonyl (C=O) groups is 1. The molecule has 0 aromatic heterocycles. The van der Waals surface area contributed by atoms with Crippen molar-refractivity contribution in [2.45, 2.75) is 45.8 Å². The fraction of sp³-hybridized carbons (Fsp3) is 0.242. The van der Waals surface area contributed by atoms with Gasteiger partial charge >= 0.3 is 5.97 Å². The summed E-state index contributed by atoms with van der Waals surface area (Å²) in [6, 6.07) is 36.8. The van der Waals surface area contributed by atoms with E-state index in [0.717, 1.165) is 22.6 Å². The van der Waals surface area contributed by atoms with E-state index in [0.29, 0.717) is 13.2 Å². The molecular formula is C33H35NO3. The van der Waals surface area contributed by atoms with Crippen molar-refractivity contribution in [3.05, 3.63) is 131 Å². The van der Waals surface area contributed by atoms with Crippen molar-refractivity contribution in [1.82, 2.24) is 4.90 Å². The number of aryl methyl sites for hydroxylation is 1. The first-order chi connectivity index (χ1) is 18.0. The Kier molecular flexibility index (Phi) is 9.12. The minimum atomic E-state index is -0.203. The molecule has 2 atom stereocenters. The predicted molar refractivity (Wildman–Crippen MR) is 149 cm³/mol. The van der Waals surface area contributed by atoms with E-state index in [4.69, 9.17) is 9.47 Å². The molecule has 0 saturated carbocycles. The highest BCUT2D eigenvalue weighted by Crippen LogP contribution is 2.36. The minimum absolute atomic E-state index is 0.0729. The topological polar surface area (TPSA) is 38.8 Å². The standard InChI is InChI=1S/C33H35NO3/c1-4-36-33(35)23-31(29-19-21-30(22-20-29)37-32-18-12-11-13-25(32)2)34(24-27-14-7-5-8-15-27)26(3)28-16-9-6-10-17-28/h5-22,26,31H,4,23-24H2,1-3H3/t26-,31+/m1/s1. The third-order valence-electron chi connectivity index (χ3n) is 6.64. The Morgan fingerprint density at radius 3 is 2.05 bits per heavy atom. The quantitative estimate of drug-likeness (QED) is 0.198. The van der Waals surface area contributed by atoms with Crippen molar-refractivity contribution in [3.8, 4) is 11.5 Å². The zero-order valence-corrected chi connectivity index (χ0v) is 21.8. The zero-order valence-electron chi connectivity index (χ0n) is 21.8. The molecule has 0 radical (unpaired) electrons. The maximum atomic E-state index is 12.8. The Bertz CT molecular complexity index is 1260. The molecule has 4 heteroatoms. The summed E-state index contributed by atoms with van der Waals surface area (Å²) in [5.74, 6) is 1.39. The average molecular weight is 494 g/mol. The van der Waals surface area contributed by atoms with Gasteiger partial charge in [-0.25, -0.2) is 0 Å². The van der Waals surface area contributed by atoms with Gasteiger partial charge in [-0.15, -0.1) is 0 Å². The van der Waals surface area contributed by atoms with Gasteiger partial charge in [-0.1, -0.05) is 91.0 Å². The van der Waals surface area contributed by atoms with Crippen molar-refractivity contribution >= 4 is 5.97 Å². The first-order valence-corrected chi connectivity index (χ1v) is 12.9. The van der Waals surface area contributed by atoms with Crippen molar-refractivity contribution in [2.24, 2.45) is 0 Å². The molecule has 4 nitrogen and oxygen atoms in total. The average Bonchev–Trinajstić information content (AvgIpc) is 2.93. The number of ether oxygens (including phenoxy) is 2. The molecule has 0 saturated heterocycles. The minimum Gasteiger partial charge on any atom is -0.466 e. The Morgan fingerprint density at radius 1 is 0.784 bits per heavy atom. The van der Waals surface area contributed by atoms with E-state index in [2.05, 4.69) is 72.5 Å². The molecular weight excluding hydrogens is 458 g/mol. The Labute approximate surface area is 220 Å². The lowest BCUT2D eigenvalue weighted by Crippen LogP contribution is -2.33. The maximum Gasteiger partial charge on any atom is 0.307 e. The van der Waals surface area contributed by atoms with Crippen LogP contribution in [0.25, 0.3) is 0 Å². The van der Waals surface area contributed by atoms with Gasteiger partial charge in [-0.3, -0.25) is 9.69 Å². The van der Waals surface area contributed by atoms with Crippen LogP contribution in [0.2, 0.25) is 0 Å². The predicted octanol–water partition coefficient (Wildman–Crippen LogP) is 8.05. The molecule has 0 fully saturated rings. The third-order valence-corrected chi connectivity index (χ3v) is 6.64. The van der Waals surface area contributed by atoms with E-state index in [-0.39, 0.29) is 24.5 Å². The van der Waals surface area contributed by atoms with Crippen molar-refractivity contribution < 1.29 is 14.3 Å². The SMILES string of the molecule is CCOC(=O)C[C@@H](c1ccc(Oc2ccccc2C)cc1)N(Cc1ccccc1)[C@H](C)c1ccccc1. The number of nitrogens with zero attached hydrogens (tertiary/aromatic N) is 1. The summed E-state index contributed by atoms with van der Waals surface area (Å²) < 4.78 is 11.5. The van der Waals surface area contributed by atoms with Crippen LogP contribution in [-0.2, 0) is 16.1 Å². The number of carbonyl (C=O) groups excluding carboxylic acids is 1. The van der Waals surface area contributed by atoms with Gasteiger partial charge in [-0.05, 0) is 61.2 Å². The highest BCUT2D eigenvalue weighted by atomic mass is 16.5. The second-order valence-corrected chi connectivity index (χ2v) is 9.21. The van der Waals surface area contributed by atoms with Gasteiger partial charge in [0, 0.05) is 18.6 Å². The molecule has 4 aromatic carbocycles. The first kappa shape index (κ1) is 26.2. The van der Waals surface area contributed by atoms with Crippen LogP contribution in [0, 0.1) is 6.92 Å². The van der Waals surface area contributed by atoms with Gasteiger partial charge in [0.15, 0.2) is 0 Å². The van der Waals surface area contributed by atoms with Crippen LogP contribution < -0.4 is 4.74 Å². The largest absolute Gasteiger partial charge is 0.466 e. The molecule has 4 aromatic rings. The number of esters is 1. The van der Waals surface area contributed by atoms with E-state index in [1.807, 2.05) is 62.4 Å². The van der Waals surface area contributed by atoms with E-state index < -0.39 is 0 Å². The lowest BCUT2D eigenvalue weighted by atomic mass is 9.96. The molecule has 0 N–H and O–H groups in total. The van der Waals surface area contributed by atoms with Gasteiger partial charge in [0.2, 0.25) is 0 Å². The Hall–Kier alpha value is -3.89. The van der Waals surface area contributed by atoms with Gasteiger partial charge in [0.25, 0.3) is 0 Å². The van der Waals surface area contributed by atoms with Crippen LogP contribution in [0.1, 0.15) is 54.6 Å². The maximum absolute atomic E-state index is 12.8. The zero-order chi connectivity index (χ0) is 26.0. The van der Waals surface area contributed by atoms with Crippen LogP contribution in [0.15, 0.2) is 109 Å². The molecule has 0 bridgehead atoms. The Morgan fingerprint density at radius 2 is 1.41 bits per heavy atom. The van der Waals surface area contributed by atoms with E-state index in [9.17, 15) is 4.79 Å². The number of para-hydroxylation sites is 1. The van der Waals surface area contributed by atoms with E-state index in [1.54, 1.807) is 0 Å². The fourth-order valence-corrected chi connectivity index (χ4v) is 4.59. The van der Waals surface area contributed by atoms with Crippen molar-refractivity contribution in [2.75, 3.05) is 6.61 Å². The molecule has 0 unspecified atom stereocenters. The summed E-state index contributed by atoms with van der Waals surface area (Å²) in [5, 5.41) is 0. The summed E-state index contributed by atoms with van der Waals surface area (Å²) in [4.78, 5) is 15.2. The van der Waals surface area contributed by atoms with Crippen LogP contribution in [0.5, 0.6) is 11.5 Å². The van der Waals surface area contributed by atoms with Crippen molar-refractivity contribution in [1.29, 1.82) is 0 Å². The second-order valence-electron chi connectivity index (χ2n) is 9.21. The van der Waals surface area contributed by atoms with E-state index in [1.165, 1.54) is 11.1 Å². The summed E-state index contributed by atoms with van der Waals surface area (Å²) in [6.45, 7) is 7.14. The molecule has 0 aliphatic carbocycles. The lowest BCUT2D eigenvalue weighted by Gasteiger charge is -2.37. The van der Waals surface area contributed by atoms with Gasteiger partial charge in [0.1, 0.15) is 11.5 Å². The molecule has 0 aliphatic rings. The van der Waals surface area contributed by atoms with Gasteiger partial charge in [-0.2, -0.15) is 0 Å².